The van der Waals surface area contributed by atoms with E-state index in [0.717, 1.165) is 0 Å². The van der Waals surface area contributed by atoms with Crippen LogP contribution in [0.3, 0.4) is 0 Å². The molecule has 7 nitrogen and oxygen atoms in total. The van der Waals surface area contributed by atoms with E-state index in [4.69, 9.17) is 4.74 Å². The molecule has 0 aromatic heterocycles. The Hall–Kier alpha value is -0.420. The van der Waals surface area contributed by atoms with Gasteiger partial charge < -0.3 is 20.1 Å². The molecule has 10 heteroatoms. The molecule has 0 amide bonds. The van der Waals surface area contributed by atoms with E-state index in [9.17, 15) is 29.7 Å². The smallest absolute Gasteiger partial charge is 0.303 e. The molecule has 33 heavy (non-hydrogen) atoms. The van der Waals surface area contributed by atoms with Gasteiger partial charge in [-0.1, -0.05) is 45.7 Å². The molecule has 4 fully saturated rings. The van der Waals surface area contributed by atoms with Crippen LogP contribution in [0.4, 0.5) is 4.39 Å². The summed E-state index contributed by atoms with van der Waals surface area (Å²) in [5.74, 6) is -2.80. The molecule has 0 heterocycles. The third-order valence-electron chi connectivity index (χ3n) is 9.62. The zero-order valence-corrected chi connectivity index (χ0v) is 22.1. The van der Waals surface area contributed by atoms with Crippen molar-refractivity contribution in [2.75, 3.05) is 6.61 Å². The van der Waals surface area contributed by atoms with Crippen LogP contribution in [0.25, 0.3) is 0 Å². The molecule has 4 rings (SSSR count). The van der Waals surface area contributed by atoms with Crippen molar-refractivity contribution < 1.29 is 38.8 Å². The van der Waals surface area contributed by atoms with Gasteiger partial charge >= 0.3 is 5.97 Å². The van der Waals surface area contributed by atoms with Gasteiger partial charge in [-0.25, -0.2) is 4.39 Å². The Kier molecular flexibility index (Phi) is 6.06. The summed E-state index contributed by atoms with van der Waals surface area (Å²) >= 11 is 6.79. The van der Waals surface area contributed by atoms with Gasteiger partial charge in [-0.3, -0.25) is 14.4 Å². The minimum atomic E-state index is -1.91. The molecule has 9 atom stereocenters. The first-order chi connectivity index (χ1) is 15.0. The lowest BCUT2D eigenvalue weighted by molar-refractivity contribution is -0.261. The van der Waals surface area contributed by atoms with Crippen molar-refractivity contribution in [3.63, 3.8) is 0 Å². The summed E-state index contributed by atoms with van der Waals surface area (Å²) in [4.78, 5) is 36.8. The number of ketones is 2. The van der Waals surface area contributed by atoms with E-state index in [1.54, 1.807) is 13.8 Å². The van der Waals surface area contributed by atoms with Gasteiger partial charge in [0.15, 0.2) is 12.4 Å². The van der Waals surface area contributed by atoms with Gasteiger partial charge in [0.05, 0.1) is 6.10 Å². The number of aliphatic hydroxyl groups excluding tert-OH is 1. The third kappa shape index (κ3) is 3.37. The van der Waals surface area contributed by atoms with Crippen LogP contribution >= 0.6 is 31.9 Å². The van der Waals surface area contributed by atoms with Gasteiger partial charge in [0.25, 0.3) is 0 Å². The summed E-state index contributed by atoms with van der Waals surface area (Å²) in [6, 6.07) is 0. The molecule has 0 radical (unpaired) electrons. The van der Waals surface area contributed by atoms with Crippen LogP contribution in [-0.4, -0.2) is 66.2 Å². The number of alkyl halides is 3. The second-order valence-electron chi connectivity index (χ2n) is 11.1. The normalized spacial score (nSPS) is 50.7. The van der Waals surface area contributed by atoms with Crippen molar-refractivity contribution in [3.05, 3.63) is 0 Å². The number of fused-ring (bicyclic) bond motifs is 5. The van der Waals surface area contributed by atoms with Crippen molar-refractivity contribution in [3.8, 4) is 0 Å². The van der Waals surface area contributed by atoms with Crippen LogP contribution in [0.2, 0.25) is 0 Å². The van der Waals surface area contributed by atoms with Gasteiger partial charge in [0.2, 0.25) is 5.78 Å². The Labute approximate surface area is 209 Å². The predicted molar refractivity (Wildman–Crippen MR) is 122 cm³/mol. The highest BCUT2D eigenvalue weighted by Gasteiger charge is 2.74. The van der Waals surface area contributed by atoms with E-state index < -0.39 is 67.7 Å². The topological polar surface area (TPSA) is 121 Å². The summed E-state index contributed by atoms with van der Waals surface area (Å²) in [5.41, 5.74) is -5.89. The largest absolute Gasteiger partial charge is 0.458 e. The summed E-state index contributed by atoms with van der Waals surface area (Å²) in [6.45, 7) is 4.10. The van der Waals surface area contributed by atoms with Crippen LogP contribution in [-0.2, 0) is 19.1 Å². The van der Waals surface area contributed by atoms with Gasteiger partial charge in [0, 0.05) is 24.2 Å². The zero-order chi connectivity index (χ0) is 24.8. The molecule has 3 N–H and O–H groups in total. The Morgan fingerprint density at radius 2 is 1.85 bits per heavy atom. The molecule has 0 saturated heterocycles. The number of carbonyl (C=O) groups excluding carboxylic acids is 3. The molecule has 4 aliphatic carbocycles. The quantitative estimate of drug-likeness (QED) is 0.338. The fourth-order valence-electron chi connectivity index (χ4n) is 7.93. The molecule has 0 aromatic carbocycles. The SMILES string of the molecule is CC(=O)OCC(=O)[C@@]1(O)CC[C@H]2[C@@H]3CC(F)C4(O)CC(=O)C(Br)(Br)C[C@]4(C)[C@H]3C(O)C[C@@]21C. The van der Waals surface area contributed by atoms with E-state index in [1.807, 2.05) is 0 Å². The molecule has 0 spiro atoms. The summed E-state index contributed by atoms with van der Waals surface area (Å²) in [6.07, 6.45) is -2.42. The lowest BCUT2D eigenvalue weighted by Crippen LogP contribution is -2.72. The molecule has 4 aliphatic rings. The zero-order valence-electron chi connectivity index (χ0n) is 18.9. The average molecular weight is 598 g/mol. The summed E-state index contributed by atoms with van der Waals surface area (Å²) < 4.78 is 19.4. The highest BCUT2D eigenvalue weighted by atomic mass is 79.9. The number of halogens is 3. The maximum Gasteiger partial charge on any atom is 0.303 e. The first-order valence-electron chi connectivity index (χ1n) is 11.4. The molecule has 0 aliphatic heterocycles. The van der Waals surface area contributed by atoms with E-state index in [-0.39, 0.29) is 43.8 Å². The predicted octanol–water partition coefficient (Wildman–Crippen LogP) is 2.59. The van der Waals surface area contributed by atoms with Crippen LogP contribution in [0.1, 0.15) is 59.3 Å². The Morgan fingerprint density at radius 1 is 1.21 bits per heavy atom. The molecule has 0 aromatic rings. The first-order valence-corrected chi connectivity index (χ1v) is 13.0. The number of ether oxygens (including phenoxy) is 1. The lowest BCUT2D eigenvalue weighted by Gasteiger charge is -2.66. The van der Waals surface area contributed by atoms with Crippen molar-refractivity contribution in [2.24, 2.45) is 28.6 Å². The molecular formula is C23H31Br2FO7. The fraction of sp³-hybridized carbons (Fsp3) is 0.870. The molecular weight excluding hydrogens is 567 g/mol. The lowest BCUT2D eigenvalue weighted by atomic mass is 9.41. The Morgan fingerprint density at radius 3 is 2.45 bits per heavy atom. The minimum Gasteiger partial charge on any atom is -0.458 e. The third-order valence-corrected chi connectivity index (χ3v) is 11.1. The van der Waals surface area contributed by atoms with Crippen LogP contribution < -0.4 is 0 Å². The van der Waals surface area contributed by atoms with Crippen LogP contribution in [0.15, 0.2) is 0 Å². The highest BCUT2D eigenvalue weighted by molar-refractivity contribution is 9.25. The van der Waals surface area contributed by atoms with Crippen LogP contribution in [0, 0.1) is 28.6 Å². The Balaban J connectivity index is 1.72. The van der Waals surface area contributed by atoms with E-state index >= 15 is 4.39 Å². The highest BCUT2D eigenvalue weighted by Crippen LogP contribution is 2.70. The second-order valence-corrected chi connectivity index (χ2v) is 14.9. The van der Waals surface area contributed by atoms with Gasteiger partial charge in [-0.15, -0.1) is 0 Å². The fourth-order valence-corrected chi connectivity index (χ4v) is 9.37. The summed E-state index contributed by atoms with van der Waals surface area (Å²) in [7, 11) is 0. The van der Waals surface area contributed by atoms with Crippen molar-refractivity contribution in [1.82, 2.24) is 0 Å². The van der Waals surface area contributed by atoms with E-state index in [1.165, 1.54) is 6.92 Å². The second kappa shape index (κ2) is 7.79. The number of esters is 1. The average Bonchev–Trinajstić information content (AvgIpc) is 2.95. The van der Waals surface area contributed by atoms with Gasteiger partial charge in [-0.2, -0.15) is 0 Å². The number of rotatable bonds is 3. The van der Waals surface area contributed by atoms with Crippen molar-refractivity contribution >= 4 is 49.4 Å². The number of Topliss-reactive ketones (excluding diaryl/α,β-unsaturated/α-hetero) is 2. The first kappa shape index (κ1) is 25.7. The number of carbonyl (C=O) groups is 3. The maximum absolute atomic E-state index is 15.7. The maximum atomic E-state index is 15.7. The Bertz CT molecular complexity index is 898. The van der Waals surface area contributed by atoms with Crippen LogP contribution in [0.5, 0.6) is 0 Å². The van der Waals surface area contributed by atoms with Gasteiger partial charge in [-0.05, 0) is 49.9 Å². The minimum absolute atomic E-state index is 0.0624. The summed E-state index contributed by atoms with van der Waals surface area (Å²) in [5, 5.41) is 34.4. The molecule has 4 saturated carbocycles. The number of hydrogen-bond donors (Lipinski definition) is 3. The number of hydrogen-bond acceptors (Lipinski definition) is 7. The number of aliphatic hydroxyl groups is 3. The van der Waals surface area contributed by atoms with Crippen molar-refractivity contribution in [2.45, 2.75) is 86.0 Å². The van der Waals surface area contributed by atoms with Gasteiger partial charge in [0.1, 0.15) is 20.6 Å². The molecule has 186 valence electrons. The van der Waals surface area contributed by atoms with E-state index in [0.29, 0.717) is 6.42 Å². The standard InChI is InChI=1S/C23H31Br2FO7/c1-11(27)33-9-17(30)21(31)5-4-13-12-6-15(26)22(32)8-16(29)23(24,25)10-20(22,3)18(12)14(28)7-19(13,21)2/h12-15,18,28,31-32H,4-10H2,1-3H3/t12-,13-,14?,15?,18+,19-,20+,21-,22?/m0/s1. The molecule has 3 unspecified atom stereocenters. The van der Waals surface area contributed by atoms with Crippen molar-refractivity contribution in [1.29, 1.82) is 0 Å². The molecule has 0 bridgehead atoms. The monoisotopic (exact) mass is 596 g/mol. The van der Waals surface area contributed by atoms with E-state index in [2.05, 4.69) is 31.9 Å².